The molecule has 0 aromatic heterocycles. The molecule has 2 rings (SSSR count). The van der Waals surface area contributed by atoms with Crippen LogP contribution in [0.5, 0.6) is 5.75 Å². The molecule has 1 amide bonds. The molecule has 4 heteroatoms. The van der Waals surface area contributed by atoms with Crippen LogP contribution in [0, 0.1) is 6.92 Å². The largest absolute Gasteiger partial charge is 0.484 e. The van der Waals surface area contributed by atoms with Gasteiger partial charge in [-0.2, -0.15) is 0 Å². The summed E-state index contributed by atoms with van der Waals surface area (Å²) in [6.07, 6.45) is 2.11. The van der Waals surface area contributed by atoms with E-state index in [2.05, 4.69) is 11.8 Å². The first-order valence-corrected chi connectivity index (χ1v) is 7.77. The van der Waals surface area contributed by atoms with Crippen LogP contribution in [0.2, 0.25) is 0 Å². The lowest BCUT2D eigenvalue weighted by molar-refractivity contribution is -0.135. The van der Waals surface area contributed by atoms with Crippen molar-refractivity contribution in [3.63, 3.8) is 0 Å². The summed E-state index contributed by atoms with van der Waals surface area (Å²) in [6.45, 7) is 7.58. The molecule has 1 aromatic rings. The van der Waals surface area contributed by atoms with Crippen LogP contribution in [0.25, 0.3) is 0 Å². The summed E-state index contributed by atoms with van der Waals surface area (Å²) in [5.41, 5.74) is 1.14. The Balaban J connectivity index is 1.80. The maximum Gasteiger partial charge on any atom is 0.260 e. The van der Waals surface area contributed by atoms with Crippen LogP contribution in [0.15, 0.2) is 24.3 Å². The number of benzene rings is 1. The number of ether oxygens (including phenoxy) is 1. The molecule has 4 nitrogen and oxygen atoms in total. The van der Waals surface area contributed by atoms with Gasteiger partial charge in [-0.1, -0.05) is 19.1 Å². The molecule has 116 valence electrons. The lowest BCUT2D eigenvalue weighted by Crippen LogP contribution is -2.46. The molecule has 0 spiro atoms. The van der Waals surface area contributed by atoms with E-state index >= 15 is 0 Å². The van der Waals surface area contributed by atoms with Crippen LogP contribution in [-0.4, -0.2) is 55.0 Å². The summed E-state index contributed by atoms with van der Waals surface area (Å²) in [7, 11) is 1.90. The first-order chi connectivity index (χ1) is 10.1. The normalized spacial score (nSPS) is 16.7. The third-order valence-corrected chi connectivity index (χ3v) is 4.30. The number of likely N-dealkylation sites (N-methyl/N-ethyl adjacent to an activating group) is 1. The van der Waals surface area contributed by atoms with E-state index in [0.29, 0.717) is 6.04 Å². The molecule has 0 aliphatic carbocycles. The molecule has 1 fully saturated rings. The van der Waals surface area contributed by atoms with E-state index in [-0.39, 0.29) is 12.5 Å². The quantitative estimate of drug-likeness (QED) is 0.834. The van der Waals surface area contributed by atoms with Gasteiger partial charge < -0.3 is 14.5 Å². The molecule has 0 atom stereocenters. The van der Waals surface area contributed by atoms with E-state index < -0.39 is 0 Å². The predicted molar refractivity (Wildman–Crippen MR) is 84.6 cm³/mol. The van der Waals surface area contributed by atoms with Gasteiger partial charge in [0.05, 0.1) is 0 Å². The molecule has 0 saturated carbocycles. The van der Waals surface area contributed by atoms with Crippen molar-refractivity contribution in [1.82, 2.24) is 9.80 Å². The van der Waals surface area contributed by atoms with Crippen LogP contribution in [0.3, 0.4) is 0 Å². The Morgan fingerprint density at radius 2 is 2.10 bits per heavy atom. The second-order valence-electron chi connectivity index (χ2n) is 5.78. The van der Waals surface area contributed by atoms with Gasteiger partial charge in [-0.15, -0.1) is 0 Å². The van der Waals surface area contributed by atoms with E-state index in [4.69, 9.17) is 4.74 Å². The van der Waals surface area contributed by atoms with Gasteiger partial charge in [0.2, 0.25) is 0 Å². The van der Waals surface area contributed by atoms with E-state index in [1.165, 1.54) is 0 Å². The maximum atomic E-state index is 12.2. The smallest absolute Gasteiger partial charge is 0.260 e. The molecule has 21 heavy (non-hydrogen) atoms. The zero-order valence-corrected chi connectivity index (χ0v) is 13.3. The summed E-state index contributed by atoms with van der Waals surface area (Å²) >= 11 is 0. The van der Waals surface area contributed by atoms with Crippen molar-refractivity contribution >= 4 is 5.91 Å². The van der Waals surface area contributed by atoms with E-state index in [1.54, 1.807) is 0 Å². The Kier molecular flexibility index (Phi) is 5.62. The highest BCUT2D eigenvalue weighted by molar-refractivity contribution is 5.77. The highest BCUT2D eigenvalue weighted by Crippen LogP contribution is 2.16. The van der Waals surface area contributed by atoms with Gasteiger partial charge in [-0.05, 0) is 44.0 Å². The molecule has 1 aliphatic rings. The van der Waals surface area contributed by atoms with Gasteiger partial charge in [0.25, 0.3) is 5.91 Å². The lowest BCUT2D eigenvalue weighted by atomic mass is 10.0. The zero-order valence-electron chi connectivity index (χ0n) is 13.3. The minimum atomic E-state index is 0.0615. The van der Waals surface area contributed by atoms with E-state index in [0.717, 1.165) is 43.8 Å². The standard InChI is InChI=1S/C17H26N2O2/c1-4-19-10-8-15(9-11-19)18(3)17(20)13-21-16-7-5-6-14(2)12-16/h5-7,12,15H,4,8-11,13H2,1-3H3. The maximum absolute atomic E-state index is 12.2. The number of carbonyl (C=O) groups is 1. The topological polar surface area (TPSA) is 32.8 Å². The number of nitrogens with zero attached hydrogens (tertiary/aromatic N) is 2. The Bertz CT molecular complexity index is 468. The Labute approximate surface area is 127 Å². The lowest BCUT2D eigenvalue weighted by Gasteiger charge is -2.36. The molecule has 0 N–H and O–H groups in total. The number of hydrogen-bond donors (Lipinski definition) is 0. The monoisotopic (exact) mass is 290 g/mol. The van der Waals surface area contributed by atoms with Crippen molar-refractivity contribution in [1.29, 1.82) is 0 Å². The van der Waals surface area contributed by atoms with Crippen LogP contribution >= 0.6 is 0 Å². The van der Waals surface area contributed by atoms with Gasteiger partial charge >= 0.3 is 0 Å². The third-order valence-electron chi connectivity index (χ3n) is 4.30. The average Bonchev–Trinajstić information content (AvgIpc) is 2.52. The summed E-state index contributed by atoms with van der Waals surface area (Å²) < 4.78 is 5.60. The number of piperidine rings is 1. The van der Waals surface area contributed by atoms with Crippen molar-refractivity contribution in [2.75, 3.05) is 33.3 Å². The van der Waals surface area contributed by atoms with Crippen molar-refractivity contribution in [3.8, 4) is 5.75 Å². The van der Waals surface area contributed by atoms with Gasteiger partial charge in [0, 0.05) is 26.2 Å². The molecule has 1 aromatic carbocycles. The van der Waals surface area contributed by atoms with Gasteiger partial charge in [0.1, 0.15) is 5.75 Å². The molecule has 0 radical (unpaired) electrons. The Morgan fingerprint density at radius 1 is 1.38 bits per heavy atom. The van der Waals surface area contributed by atoms with Crippen molar-refractivity contribution in [2.24, 2.45) is 0 Å². The average molecular weight is 290 g/mol. The Hall–Kier alpha value is -1.55. The first kappa shape index (κ1) is 15.8. The number of hydrogen-bond acceptors (Lipinski definition) is 3. The predicted octanol–water partition coefficient (Wildman–Crippen LogP) is 2.32. The molecule has 1 heterocycles. The summed E-state index contributed by atoms with van der Waals surface area (Å²) in [5.74, 6) is 0.823. The highest BCUT2D eigenvalue weighted by atomic mass is 16.5. The third kappa shape index (κ3) is 4.46. The minimum absolute atomic E-state index is 0.0615. The minimum Gasteiger partial charge on any atom is -0.484 e. The summed E-state index contributed by atoms with van der Waals surface area (Å²) in [5, 5.41) is 0. The highest BCUT2D eigenvalue weighted by Gasteiger charge is 2.24. The summed E-state index contributed by atoms with van der Waals surface area (Å²) in [4.78, 5) is 16.5. The zero-order chi connectivity index (χ0) is 15.2. The van der Waals surface area contributed by atoms with Crippen LogP contribution < -0.4 is 4.74 Å². The first-order valence-electron chi connectivity index (χ1n) is 7.77. The second kappa shape index (κ2) is 7.46. The second-order valence-corrected chi connectivity index (χ2v) is 5.78. The molecular formula is C17H26N2O2. The fourth-order valence-electron chi connectivity index (χ4n) is 2.78. The molecule has 0 unspecified atom stereocenters. The van der Waals surface area contributed by atoms with E-state index in [9.17, 15) is 4.79 Å². The van der Waals surface area contributed by atoms with Crippen LogP contribution in [0.1, 0.15) is 25.3 Å². The summed E-state index contributed by atoms with van der Waals surface area (Å²) in [6, 6.07) is 8.15. The fourth-order valence-corrected chi connectivity index (χ4v) is 2.78. The number of aryl methyl sites for hydroxylation is 1. The van der Waals surface area contributed by atoms with Gasteiger partial charge in [-0.3, -0.25) is 4.79 Å². The molecule has 1 aliphatic heterocycles. The number of likely N-dealkylation sites (tertiary alicyclic amines) is 1. The van der Waals surface area contributed by atoms with Crippen molar-refractivity contribution < 1.29 is 9.53 Å². The van der Waals surface area contributed by atoms with Crippen LogP contribution in [-0.2, 0) is 4.79 Å². The van der Waals surface area contributed by atoms with Crippen molar-refractivity contribution in [2.45, 2.75) is 32.7 Å². The van der Waals surface area contributed by atoms with Crippen LogP contribution in [0.4, 0.5) is 0 Å². The SMILES string of the molecule is CCN1CCC(N(C)C(=O)COc2cccc(C)c2)CC1. The van der Waals surface area contributed by atoms with Crippen molar-refractivity contribution in [3.05, 3.63) is 29.8 Å². The molecular weight excluding hydrogens is 264 g/mol. The number of amides is 1. The molecule has 1 saturated heterocycles. The number of carbonyl (C=O) groups excluding carboxylic acids is 1. The Morgan fingerprint density at radius 3 is 2.71 bits per heavy atom. The van der Waals surface area contributed by atoms with Gasteiger partial charge in [-0.25, -0.2) is 0 Å². The van der Waals surface area contributed by atoms with E-state index in [1.807, 2.05) is 43.1 Å². The number of rotatable bonds is 5. The molecule has 0 bridgehead atoms. The fraction of sp³-hybridized carbons (Fsp3) is 0.588. The van der Waals surface area contributed by atoms with Gasteiger partial charge in [0.15, 0.2) is 6.61 Å².